The van der Waals surface area contributed by atoms with Crippen molar-refractivity contribution in [1.29, 1.82) is 5.26 Å². The zero-order valence-electron chi connectivity index (χ0n) is 12.3. The van der Waals surface area contributed by atoms with E-state index < -0.39 is 0 Å². The van der Waals surface area contributed by atoms with E-state index in [2.05, 4.69) is 54.5 Å². The molecule has 0 saturated carbocycles. The van der Waals surface area contributed by atoms with Gasteiger partial charge < -0.3 is 4.90 Å². The lowest BCUT2D eigenvalue weighted by molar-refractivity contribution is 0.631. The molecule has 1 aromatic carbocycles. The maximum Gasteiger partial charge on any atom is 0.103 e. The highest BCUT2D eigenvalue weighted by atomic mass is 32.2. The fourth-order valence-corrected chi connectivity index (χ4v) is 4.73. The average Bonchev–Trinajstić information content (AvgIpc) is 2.97. The molecule has 108 valence electrons. The molecule has 1 aliphatic heterocycles. The number of rotatable bonds is 3. The maximum atomic E-state index is 9.61. The van der Waals surface area contributed by atoms with Crippen LogP contribution in [0, 0.1) is 11.3 Å². The summed E-state index contributed by atoms with van der Waals surface area (Å²) in [7, 11) is 0. The number of benzene rings is 1. The van der Waals surface area contributed by atoms with Gasteiger partial charge in [-0.05, 0) is 48.2 Å². The maximum absolute atomic E-state index is 9.61. The Morgan fingerprint density at radius 3 is 3.05 bits per heavy atom. The van der Waals surface area contributed by atoms with E-state index in [9.17, 15) is 5.26 Å². The third kappa shape index (κ3) is 2.56. The van der Waals surface area contributed by atoms with Crippen LogP contribution in [0.5, 0.6) is 0 Å². The van der Waals surface area contributed by atoms with Gasteiger partial charge in [-0.25, -0.2) is 0 Å². The van der Waals surface area contributed by atoms with Crippen LogP contribution >= 0.6 is 23.1 Å². The van der Waals surface area contributed by atoms with Crippen molar-refractivity contribution >= 4 is 28.8 Å². The molecule has 0 aliphatic carbocycles. The van der Waals surface area contributed by atoms with Gasteiger partial charge in [0, 0.05) is 16.3 Å². The van der Waals surface area contributed by atoms with Crippen LogP contribution in [0.2, 0.25) is 0 Å². The molecule has 2 heterocycles. The standard InChI is InChI=1S/C17H18N2S2/c1-3-20-16-6-4-5-15(14(16)11-18)19-9-7-17-13(12(19)2)8-10-21-17/h4-6,8,10,12H,3,7,9H2,1-2H3. The number of hydrogen-bond acceptors (Lipinski definition) is 4. The molecule has 0 saturated heterocycles. The van der Waals surface area contributed by atoms with Crippen LogP contribution in [0.25, 0.3) is 0 Å². The third-order valence-electron chi connectivity index (χ3n) is 4.00. The van der Waals surface area contributed by atoms with Crippen LogP contribution in [-0.2, 0) is 6.42 Å². The van der Waals surface area contributed by atoms with Gasteiger partial charge in [0.2, 0.25) is 0 Å². The molecule has 0 fully saturated rings. The molecule has 1 aliphatic rings. The van der Waals surface area contributed by atoms with Gasteiger partial charge in [0.1, 0.15) is 6.07 Å². The Labute approximate surface area is 134 Å². The van der Waals surface area contributed by atoms with Crippen LogP contribution in [-0.4, -0.2) is 12.3 Å². The van der Waals surface area contributed by atoms with Gasteiger partial charge in [-0.15, -0.1) is 23.1 Å². The lowest BCUT2D eigenvalue weighted by Gasteiger charge is -2.36. The third-order valence-corrected chi connectivity index (χ3v) is 5.94. The Hall–Kier alpha value is -1.44. The molecule has 1 aromatic heterocycles. The summed E-state index contributed by atoms with van der Waals surface area (Å²) in [6.45, 7) is 5.36. The number of thioether (sulfide) groups is 1. The summed E-state index contributed by atoms with van der Waals surface area (Å²) in [6.07, 6.45) is 1.08. The number of fused-ring (bicyclic) bond motifs is 1. The van der Waals surface area contributed by atoms with Crippen molar-refractivity contribution in [1.82, 2.24) is 0 Å². The van der Waals surface area contributed by atoms with Crippen molar-refractivity contribution < 1.29 is 0 Å². The van der Waals surface area contributed by atoms with E-state index in [1.54, 1.807) is 11.8 Å². The Morgan fingerprint density at radius 1 is 1.43 bits per heavy atom. The quantitative estimate of drug-likeness (QED) is 0.757. The van der Waals surface area contributed by atoms with Crippen LogP contribution < -0.4 is 4.90 Å². The van der Waals surface area contributed by atoms with E-state index in [1.807, 2.05) is 11.3 Å². The number of anilines is 1. The minimum atomic E-state index is 0.342. The van der Waals surface area contributed by atoms with E-state index in [0.717, 1.165) is 34.9 Å². The highest BCUT2D eigenvalue weighted by molar-refractivity contribution is 7.99. The molecule has 1 unspecified atom stereocenters. The van der Waals surface area contributed by atoms with Crippen molar-refractivity contribution in [2.24, 2.45) is 0 Å². The minimum Gasteiger partial charge on any atom is -0.363 e. The largest absolute Gasteiger partial charge is 0.363 e. The number of nitrogens with zero attached hydrogens (tertiary/aromatic N) is 2. The monoisotopic (exact) mass is 314 g/mol. The molecule has 1 atom stereocenters. The molecule has 21 heavy (non-hydrogen) atoms. The van der Waals surface area contributed by atoms with Gasteiger partial charge in [0.25, 0.3) is 0 Å². The van der Waals surface area contributed by atoms with E-state index >= 15 is 0 Å². The van der Waals surface area contributed by atoms with Crippen molar-refractivity contribution in [3.8, 4) is 6.07 Å². The highest BCUT2D eigenvalue weighted by Crippen LogP contribution is 2.39. The van der Waals surface area contributed by atoms with E-state index in [1.165, 1.54) is 10.4 Å². The molecule has 2 nitrogen and oxygen atoms in total. The van der Waals surface area contributed by atoms with Crippen molar-refractivity contribution in [2.75, 3.05) is 17.2 Å². The lowest BCUT2D eigenvalue weighted by atomic mass is 9.99. The zero-order valence-corrected chi connectivity index (χ0v) is 13.9. The van der Waals surface area contributed by atoms with Gasteiger partial charge in [-0.3, -0.25) is 0 Å². The normalized spacial score (nSPS) is 17.4. The molecule has 0 spiro atoms. The van der Waals surface area contributed by atoms with Crippen molar-refractivity contribution in [3.05, 3.63) is 45.6 Å². The topological polar surface area (TPSA) is 27.0 Å². The Bertz CT molecular complexity index is 684. The van der Waals surface area contributed by atoms with Crippen LogP contribution in [0.4, 0.5) is 5.69 Å². The molecule has 0 radical (unpaired) electrons. The van der Waals surface area contributed by atoms with Crippen molar-refractivity contribution in [2.45, 2.75) is 31.2 Å². The summed E-state index contributed by atoms with van der Waals surface area (Å²) in [5, 5.41) is 11.8. The molecular weight excluding hydrogens is 296 g/mol. The molecule has 2 aromatic rings. The van der Waals surface area contributed by atoms with Crippen LogP contribution in [0.1, 0.15) is 35.9 Å². The number of nitriles is 1. The van der Waals surface area contributed by atoms with E-state index in [-0.39, 0.29) is 0 Å². The molecule has 0 amide bonds. The average molecular weight is 314 g/mol. The smallest absolute Gasteiger partial charge is 0.103 e. The molecule has 3 rings (SSSR count). The number of hydrogen-bond donors (Lipinski definition) is 0. The summed E-state index contributed by atoms with van der Waals surface area (Å²) in [5.41, 5.74) is 3.33. The first-order valence-corrected chi connectivity index (χ1v) is 9.11. The van der Waals surface area contributed by atoms with Crippen LogP contribution in [0.3, 0.4) is 0 Å². The highest BCUT2D eigenvalue weighted by Gasteiger charge is 2.27. The summed E-state index contributed by atoms with van der Waals surface area (Å²) >= 11 is 3.60. The van der Waals surface area contributed by atoms with Gasteiger partial charge in [-0.1, -0.05) is 13.0 Å². The second-order valence-electron chi connectivity index (χ2n) is 5.11. The second kappa shape index (κ2) is 6.13. The predicted molar refractivity (Wildman–Crippen MR) is 91.3 cm³/mol. The molecule has 0 bridgehead atoms. The zero-order chi connectivity index (χ0) is 14.8. The summed E-state index contributed by atoms with van der Waals surface area (Å²) in [4.78, 5) is 4.98. The summed E-state index contributed by atoms with van der Waals surface area (Å²) < 4.78 is 0. The van der Waals surface area contributed by atoms with Crippen molar-refractivity contribution in [3.63, 3.8) is 0 Å². The van der Waals surface area contributed by atoms with Gasteiger partial charge in [-0.2, -0.15) is 5.26 Å². The summed E-state index contributed by atoms with van der Waals surface area (Å²) in [6, 6.07) is 11.2. The minimum absolute atomic E-state index is 0.342. The molecule has 4 heteroatoms. The predicted octanol–water partition coefficient (Wildman–Crippen LogP) is 4.86. The molecular formula is C17H18N2S2. The first-order chi connectivity index (χ1) is 10.3. The lowest BCUT2D eigenvalue weighted by Crippen LogP contribution is -2.33. The molecule has 0 N–H and O–H groups in total. The second-order valence-corrected chi connectivity index (χ2v) is 7.42. The van der Waals surface area contributed by atoms with E-state index in [4.69, 9.17) is 0 Å². The fraction of sp³-hybridized carbons (Fsp3) is 0.353. The van der Waals surface area contributed by atoms with Gasteiger partial charge >= 0.3 is 0 Å². The number of thiophene rings is 1. The fourth-order valence-electron chi connectivity index (χ4n) is 2.99. The van der Waals surface area contributed by atoms with Crippen LogP contribution in [0.15, 0.2) is 34.5 Å². The SMILES string of the molecule is CCSc1cccc(N2CCc3sccc3C2C)c1C#N. The first kappa shape index (κ1) is 14.5. The summed E-state index contributed by atoms with van der Waals surface area (Å²) in [5.74, 6) is 0.988. The Morgan fingerprint density at radius 2 is 2.29 bits per heavy atom. The van der Waals surface area contributed by atoms with E-state index in [0.29, 0.717) is 6.04 Å². The first-order valence-electron chi connectivity index (χ1n) is 7.25. The Balaban J connectivity index is 2.02. The van der Waals surface area contributed by atoms with Gasteiger partial charge in [0.15, 0.2) is 0 Å². The van der Waals surface area contributed by atoms with Gasteiger partial charge in [0.05, 0.1) is 17.3 Å². The Kier molecular flexibility index (Phi) is 4.23.